The van der Waals surface area contributed by atoms with E-state index in [0.29, 0.717) is 19.3 Å². The number of nitriles is 1. The zero-order chi connectivity index (χ0) is 15.4. The maximum Gasteiger partial charge on any atom is 0.340 e. The van der Waals surface area contributed by atoms with Crippen molar-refractivity contribution in [3.8, 4) is 6.07 Å². The summed E-state index contributed by atoms with van der Waals surface area (Å²) < 4.78 is 5.35. The first-order valence-electron chi connectivity index (χ1n) is 6.62. The van der Waals surface area contributed by atoms with Gasteiger partial charge in [0.1, 0.15) is 11.8 Å². The lowest BCUT2D eigenvalue weighted by Gasteiger charge is -2.13. The van der Waals surface area contributed by atoms with Gasteiger partial charge in [0.05, 0.1) is 16.6 Å². The van der Waals surface area contributed by atoms with E-state index in [-0.39, 0.29) is 29.0 Å². The maximum absolute atomic E-state index is 12.2. The Bertz CT molecular complexity index is 609. The van der Waals surface area contributed by atoms with Crippen molar-refractivity contribution in [3.63, 3.8) is 0 Å². The van der Waals surface area contributed by atoms with E-state index in [9.17, 15) is 14.9 Å². The average Bonchev–Trinajstić information content (AvgIpc) is 2.93. The SMILES string of the molecule is CNc1c(C(=O)O[C@@H]2CC[C@@H](C#N)C2)cccc1[N+](=O)[O-]. The molecule has 0 radical (unpaired) electrons. The predicted octanol–water partition coefficient (Wildman–Crippen LogP) is 2.49. The zero-order valence-corrected chi connectivity index (χ0v) is 11.5. The molecule has 1 N–H and O–H groups in total. The molecule has 0 amide bonds. The number of rotatable bonds is 4. The van der Waals surface area contributed by atoms with E-state index in [4.69, 9.17) is 10.00 Å². The van der Waals surface area contributed by atoms with Crippen LogP contribution in [-0.2, 0) is 4.74 Å². The lowest BCUT2D eigenvalue weighted by molar-refractivity contribution is -0.384. The number of benzene rings is 1. The van der Waals surface area contributed by atoms with E-state index >= 15 is 0 Å². The standard InChI is InChI=1S/C14H15N3O4/c1-16-13-11(3-2-4-12(13)17(19)20)14(18)21-10-6-5-9(7-10)8-15/h2-4,9-10,16H,5-7H2,1H3/t9-,10-/m1/s1. The van der Waals surface area contributed by atoms with E-state index in [1.54, 1.807) is 0 Å². The fraction of sp³-hybridized carbons (Fsp3) is 0.429. The van der Waals surface area contributed by atoms with Crippen molar-refractivity contribution < 1.29 is 14.5 Å². The molecule has 1 aromatic rings. The second-order valence-corrected chi connectivity index (χ2v) is 4.87. The number of para-hydroxylation sites is 1. The lowest BCUT2D eigenvalue weighted by Crippen LogP contribution is -2.17. The molecule has 2 rings (SSSR count). The zero-order valence-electron chi connectivity index (χ0n) is 11.5. The Kier molecular flexibility index (Phi) is 4.38. The highest BCUT2D eigenvalue weighted by molar-refractivity contribution is 5.98. The van der Waals surface area contributed by atoms with Gasteiger partial charge in [-0.15, -0.1) is 0 Å². The van der Waals surface area contributed by atoms with Crippen LogP contribution in [0, 0.1) is 27.4 Å². The fourth-order valence-electron chi connectivity index (χ4n) is 2.50. The highest BCUT2D eigenvalue weighted by Crippen LogP contribution is 2.31. The molecule has 0 aromatic heterocycles. The molecule has 0 unspecified atom stereocenters. The van der Waals surface area contributed by atoms with Crippen molar-refractivity contribution in [1.29, 1.82) is 5.26 Å². The molecular formula is C14H15N3O4. The van der Waals surface area contributed by atoms with Gasteiger partial charge in [-0.3, -0.25) is 10.1 Å². The summed E-state index contributed by atoms with van der Waals surface area (Å²) in [5.74, 6) is -0.691. The van der Waals surface area contributed by atoms with E-state index in [1.165, 1.54) is 25.2 Å². The first-order valence-corrected chi connectivity index (χ1v) is 6.62. The summed E-state index contributed by atoms with van der Waals surface area (Å²) in [6.45, 7) is 0. The third-order valence-electron chi connectivity index (χ3n) is 3.55. The monoisotopic (exact) mass is 289 g/mol. The van der Waals surface area contributed by atoms with E-state index in [0.717, 1.165) is 0 Å². The highest BCUT2D eigenvalue weighted by atomic mass is 16.6. The van der Waals surface area contributed by atoms with Crippen LogP contribution in [0.3, 0.4) is 0 Å². The molecule has 0 heterocycles. The van der Waals surface area contributed by atoms with Crippen LogP contribution in [-0.4, -0.2) is 24.0 Å². The lowest BCUT2D eigenvalue weighted by atomic mass is 10.1. The molecule has 1 aliphatic carbocycles. The Morgan fingerprint density at radius 2 is 2.29 bits per heavy atom. The molecule has 1 saturated carbocycles. The van der Waals surface area contributed by atoms with Gasteiger partial charge in [-0.1, -0.05) is 6.07 Å². The van der Waals surface area contributed by atoms with E-state index < -0.39 is 10.9 Å². The Balaban J connectivity index is 2.18. The number of ether oxygens (including phenoxy) is 1. The smallest absolute Gasteiger partial charge is 0.340 e. The van der Waals surface area contributed by atoms with Crippen molar-refractivity contribution >= 4 is 17.3 Å². The van der Waals surface area contributed by atoms with E-state index in [1.807, 2.05) is 0 Å². The van der Waals surface area contributed by atoms with Crippen LogP contribution < -0.4 is 5.32 Å². The van der Waals surface area contributed by atoms with Gasteiger partial charge in [-0.2, -0.15) is 5.26 Å². The number of nitrogens with zero attached hydrogens (tertiary/aromatic N) is 2. The highest BCUT2D eigenvalue weighted by Gasteiger charge is 2.29. The van der Waals surface area contributed by atoms with Gasteiger partial charge in [0.25, 0.3) is 5.69 Å². The number of carbonyl (C=O) groups is 1. The molecule has 7 heteroatoms. The van der Waals surface area contributed by atoms with Crippen LogP contribution >= 0.6 is 0 Å². The number of nitro benzene ring substituents is 1. The molecule has 1 fully saturated rings. The van der Waals surface area contributed by atoms with Gasteiger partial charge in [0.15, 0.2) is 0 Å². The molecular weight excluding hydrogens is 274 g/mol. The molecule has 1 aromatic carbocycles. The molecule has 2 atom stereocenters. The summed E-state index contributed by atoms with van der Waals surface area (Å²) in [4.78, 5) is 22.6. The Labute approximate surface area is 121 Å². The Morgan fingerprint density at radius 3 is 2.86 bits per heavy atom. The van der Waals surface area contributed by atoms with Crippen LogP contribution in [0.5, 0.6) is 0 Å². The summed E-state index contributed by atoms with van der Waals surface area (Å²) >= 11 is 0. The molecule has 0 saturated heterocycles. The van der Waals surface area contributed by atoms with Gasteiger partial charge in [0, 0.05) is 25.5 Å². The third-order valence-corrected chi connectivity index (χ3v) is 3.55. The molecule has 1 aliphatic rings. The summed E-state index contributed by atoms with van der Waals surface area (Å²) in [5, 5.41) is 22.5. The first-order chi connectivity index (χ1) is 10.1. The van der Waals surface area contributed by atoms with Gasteiger partial charge in [-0.05, 0) is 18.9 Å². The number of anilines is 1. The van der Waals surface area contributed by atoms with Crippen LogP contribution in [0.25, 0.3) is 0 Å². The van der Waals surface area contributed by atoms with Crippen molar-refractivity contribution in [3.05, 3.63) is 33.9 Å². The number of nitro groups is 1. The Hall–Kier alpha value is -2.62. The van der Waals surface area contributed by atoms with Crippen LogP contribution in [0.1, 0.15) is 29.6 Å². The first kappa shape index (κ1) is 14.8. The second kappa shape index (κ2) is 6.22. The summed E-state index contributed by atoms with van der Waals surface area (Å²) in [6, 6.07) is 6.41. The molecule has 0 spiro atoms. The van der Waals surface area contributed by atoms with Gasteiger partial charge < -0.3 is 10.1 Å². The molecule has 0 aliphatic heterocycles. The van der Waals surface area contributed by atoms with Crippen molar-refractivity contribution in [1.82, 2.24) is 0 Å². The maximum atomic E-state index is 12.2. The number of carbonyl (C=O) groups excluding carboxylic acids is 1. The minimum atomic E-state index is -0.605. The molecule has 21 heavy (non-hydrogen) atoms. The van der Waals surface area contributed by atoms with Crippen molar-refractivity contribution in [2.24, 2.45) is 5.92 Å². The number of hydrogen-bond acceptors (Lipinski definition) is 6. The molecule has 7 nitrogen and oxygen atoms in total. The average molecular weight is 289 g/mol. The van der Waals surface area contributed by atoms with Crippen molar-refractivity contribution in [2.75, 3.05) is 12.4 Å². The molecule has 110 valence electrons. The van der Waals surface area contributed by atoms with Gasteiger partial charge >= 0.3 is 5.97 Å². The fourth-order valence-corrected chi connectivity index (χ4v) is 2.50. The van der Waals surface area contributed by atoms with Crippen LogP contribution in [0.2, 0.25) is 0 Å². The second-order valence-electron chi connectivity index (χ2n) is 4.87. The largest absolute Gasteiger partial charge is 0.459 e. The predicted molar refractivity (Wildman–Crippen MR) is 74.8 cm³/mol. The third kappa shape index (κ3) is 3.11. The quantitative estimate of drug-likeness (QED) is 0.518. The van der Waals surface area contributed by atoms with Crippen LogP contribution in [0.4, 0.5) is 11.4 Å². The van der Waals surface area contributed by atoms with Gasteiger partial charge in [0.2, 0.25) is 0 Å². The summed E-state index contributed by atoms with van der Waals surface area (Å²) in [6.07, 6.45) is 1.58. The number of nitrogens with one attached hydrogen (secondary N) is 1. The Morgan fingerprint density at radius 1 is 1.52 bits per heavy atom. The minimum Gasteiger partial charge on any atom is -0.459 e. The van der Waals surface area contributed by atoms with Crippen molar-refractivity contribution in [2.45, 2.75) is 25.4 Å². The summed E-state index contributed by atoms with van der Waals surface area (Å²) in [7, 11) is 1.51. The van der Waals surface area contributed by atoms with E-state index in [2.05, 4.69) is 11.4 Å². The number of hydrogen-bond donors (Lipinski definition) is 1. The number of esters is 1. The summed E-state index contributed by atoms with van der Waals surface area (Å²) in [5.41, 5.74) is 0.0997. The van der Waals surface area contributed by atoms with Gasteiger partial charge in [-0.25, -0.2) is 4.79 Å². The normalized spacial score (nSPS) is 20.6. The molecule has 0 bridgehead atoms. The minimum absolute atomic E-state index is 0.0864. The van der Waals surface area contributed by atoms with Crippen LogP contribution in [0.15, 0.2) is 18.2 Å². The topological polar surface area (TPSA) is 105 Å².